The van der Waals surface area contributed by atoms with E-state index in [9.17, 15) is 14.4 Å². The molecule has 1 saturated heterocycles. The number of hydrazine groups is 1. The van der Waals surface area contributed by atoms with Gasteiger partial charge in [-0.25, -0.2) is 10.3 Å². The molecule has 4 amide bonds. The minimum Gasteiger partial charge on any atom is -0.311 e. The number of rotatable bonds is 6. The van der Waals surface area contributed by atoms with Gasteiger partial charge < -0.3 is 4.90 Å². The van der Waals surface area contributed by atoms with Gasteiger partial charge >= 0.3 is 6.03 Å². The highest BCUT2D eigenvalue weighted by molar-refractivity contribution is 5.89. The van der Waals surface area contributed by atoms with Crippen LogP contribution in [-0.2, 0) is 14.4 Å². The number of carbonyl (C=O) groups is 3. The summed E-state index contributed by atoms with van der Waals surface area (Å²) in [5, 5.41) is 0. The van der Waals surface area contributed by atoms with Crippen molar-refractivity contribution in [3.05, 3.63) is 0 Å². The Bertz CT molecular complexity index is 453. The zero-order valence-electron chi connectivity index (χ0n) is 14.3. The summed E-state index contributed by atoms with van der Waals surface area (Å²) in [5.74, 6) is -0.501. The Balaban J connectivity index is 1.79. The Morgan fingerprint density at radius 2 is 1.79 bits per heavy atom. The van der Waals surface area contributed by atoms with E-state index in [0.29, 0.717) is 19.6 Å². The van der Waals surface area contributed by atoms with Gasteiger partial charge in [0.15, 0.2) is 0 Å². The van der Waals surface area contributed by atoms with Crippen molar-refractivity contribution in [1.29, 1.82) is 0 Å². The lowest BCUT2D eigenvalue weighted by Gasteiger charge is -2.34. The van der Waals surface area contributed by atoms with Crippen LogP contribution in [-0.4, -0.2) is 41.9 Å². The summed E-state index contributed by atoms with van der Waals surface area (Å²) in [6, 6.07) is -0.994. The van der Waals surface area contributed by atoms with E-state index in [4.69, 9.17) is 4.84 Å². The molecule has 8 heteroatoms. The molecule has 1 aliphatic heterocycles. The normalized spacial score (nSPS) is 20.9. The molecule has 2 aliphatic rings. The van der Waals surface area contributed by atoms with Gasteiger partial charge in [-0.2, -0.15) is 0 Å². The van der Waals surface area contributed by atoms with Crippen molar-refractivity contribution in [3.8, 4) is 0 Å². The van der Waals surface area contributed by atoms with Crippen LogP contribution in [0, 0.1) is 5.92 Å². The van der Waals surface area contributed by atoms with Crippen molar-refractivity contribution in [2.24, 2.45) is 5.92 Å². The van der Waals surface area contributed by atoms with E-state index in [1.807, 2.05) is 6.92 Å². The van der Waals surface area contributed by atoms with Crippen molar-refractivity contribution in [3.63, 3.8) is 0 Å². The zero-order chi connectivity index (χ0) is 17.4. The number of carbonyl (C=O) groups excluding carboxylic acids is 3. The molecule has 1 saturated carbocycles. The molecule has 24 heavy (non-hydrogen) atoms. The van der Waals surface area contributed by atoms with Crippen LogP contribution < -0.4 is 16.3 Å². The molecule has 3 N–H and O–H groups in total. The zero-order valence-corrected chi connectivity index (χ0v) is 14.3. The highest BCUT2D eigenvalue weighted by Gasteiger charge is 2.33. The number of unbranched alkanes of at least 4 members (excludes halogenated alkanes) is 1. The molecule has 0 unspecified atom stereocenters. The van der Waals surface area contributed by atoms with Crippen molar-refractivity contribution in [1.82, 2.24) is 21.2 Å². The molecule has 136 valence electrons. The summed E-state index contributed by atoms with van der Waals surface area (Å²) in [6.07, 6.45) is 6.93. The first-order valence-electron chi connectivity index (χ1n) is 8.91. The fourth-order valence-electron chi connectivity index (χ4n) is 2.81. The van der Waals surface area contributed by atoms with E-state index < -0.39 is 12.1 Å². The number of hydrogen-bond donors (Lipinski definition) is 3. The molecule has 0 aromatic rings. The first-order valence-corrected chi connectivity index (χ1v) is 8.91. The molecule has 0 radical (unpaired) electrons. The Morgan fingerprint density at radius 1 is 1.04 bits per heavy atom. The van der Waals surface area contributed by atoms with E-state index in [1.54, 1.807) is 0 Å². The molecule has 0 bridgehead atoms. The molecule has 1 aliphatic carbocycles. The summed E-state index contributed by atoms with van der Waals surface area (Å²) in [7, 11) is 0. The number of likely N-dealkylation sites (tertiary alicyclic amines) is 1. The Labute approximate surface area is 142 Å². The van der Waals surface area contributed by atoms with Crippen LogP contribution in [0.4, 0.5) is 4.79 Å². The summed E-state index contributed by atoms with van der Waals surface area (Å²) in [4.78, 5) is 42.9. The lowest BCUT2D eigenvalue weighted by molar-refractivity contribution is -0.135. The van der Waals surface area contributed by atoms with Gasteiger partial charge in [0, 0.05) is 12.5 Å². The van der Waals surface area contributed by atoms with Crippen LogP contribution in [0.5, 0.6) is 0 Å². The minimum absolute atomic E-state index is 0.00280. The van der Waals surface area contributed by atoms with Crippen molar-refractivity contribution >= 4 is 17.8 Å². The third kappa shape index (κ3) is 5.09. The van der Waals surface area contributed by atoms with Gasteiger partial charge in [0.2, 0.25) is 5.91 Å². The molecule has 1 heterocycles. The average molecular weight is 340 g/mol. The number of nitrogens with zero attached hydrogens (tertiary/aromatic N) is 1. The second-order valence-electron chi connectivity index (χ2n) is 6.42. The van der Waals surface area contributed by atoms with E-state index in [0.717, 1.165) is 44.9 Å². The summed E-state index contributed by atoms with van der Waals surface area (Å²) in [6.45, 7) is 2.98. The average Bonchev–Trinajstić information content (AvgIpc) is 2.55. The fourth-order valence-corrected chi connectivity index (χ4v) is 2.81. The largest absolute Gasteiger partial charge is 0.341 e. The van der Waals surface area contributed by atoms with Crippen LogP contribution in [0.2, 0.25) is 0 Å². The maximum atomic E-state index is 12.3. The van der Waals surface area contributed by atoms with Gasteiger partial charge in [-0.05, 0) is 38.5 Å². The Morgan fingerprint density at radius 3 is 2.46 bits per heavy atom. The first kappa shape index (κ1) is 18.5. The summed E-state index contributed by atoms with van der Waals surface area (Å²) in [5.41, 5.74) is 7.33. The number of amides is 4. The van der Waals surface area contributed by atoms with Crippen molar-refractivity contribution in [2.45, 2.75) is 64.3 Å². The Hall–Kier alpha value is -1.83. The second kappa shape index (κ2) is 9.46. The standard InChI is InChI=1S/C16H28N4O4/c1-2-3-11-24-19-16(23)20-10-5-4-9-13(20)15(22)18-17-14(21)12-7-6-8-12/h12-13H,2-11H2,1H3,(H,17,21)(H,18,22)(H,19,23)/t13-/m0/s1. The third-order valence-corrected chi connectivity index (χ3v) is 4.61. The van der Waals surface area contributed by atoms with Crippen LogP contribution in [0.3, 0.4) is 0 Å². The molecule has 1 atom stereocenters. The highest BCUT2D eigenvalue weighted by Crippen LogP contribution is 2.26. The molecule has 2 rings (SSSR count). The predicted octanol–water partition coefficient (Wildman–Crippen LogP) is 1.23. The number of piperidine rings is 1. The number of urea groups is 1. The number of hydroxylamine groups is 1. The van der Waals surface area contributed by atoms with E-state index in [-0.39, 0.29) is 17.7 Å². The number of hydrogen-bond acceptors (Lipinski definition) is 4. The Kier molecular flexibility index (Phi) is 7.30. The maximum Gasteiger partial charge on any atom is 0.341 e. The summed E-state index contributed by atoms with van der Waals surface area (Å²) < 4.78 is 0. The minimum atomic E-state index is -0.588. The fraction of sp³-hybridized carbons (Fsp3) is 0.812. The third-order valence-electron chi connectivity index (χ3n) is 4.61. The van der Waals surface area contributed by atoms with Crippen molar-refractivity contribution < 1.29 is 19.2 Å². The lowest BCUT2D eigenvalue weighted by Crippen LogP contribution is -2.58. The summed E-state index contributed by atoms with van der Waals surface area (Å²) >= 11 is 0. The SMILES string of the molecule is CCCCONC(=O)N1CCCC[C@H]1C(=O)NNC(=O)C1CCC1. The lowest BCUT2D eigenvalue weighted by atomic mass is 9.85. The van der Waals surface area contributed by atoms with E-state index in [1.165, 1.54) is 4.90 Å². The molecule has 8 nitrogen and oxygen atoms in total. The van der Waals surface area contributed by atoms with E-state index >= 15 is 0 Å². The predicted molar refractivity (Wildman–Crippen MR) is 87.4 cm³/mol. The molecule has 0 spiro atoms. The van der Waals surface area contributed by atoms with Crippen molar-refractivity contribution in [2.75, 3.05) is 13.2 Å². The van der Waals surface area contributed by atoms with Gasteiger partial charge in [0.05, 0.1) is 6.61 Å². The van der Waals surface area contributed by atoms with Crippen LogP contribution in [0.1, 0.15) is 58.3 Å². The van der Waals surface area contributed by atoms with E-state index in [2.05, 4.69) is 16.3 Å². The number of nitrogens with one attached hydrogen (secondary N) is 3. The molecule has 2 fully saturated rings. The first-order chi connectivity index (χ1) is 11.6. The smallest absolute Gasteiger partial charge is 0.311 e. The monoisotopic (exact) mass is 340 g/mol. The second-order valence-corrected chi connectivity index (χ2v) is 6.42. The quantitative estimate of drug-likeness (QED) is 0.500. The highest BCUT2D eigenvalue weighted by atomic mass is 16.7. The van der Waals surface area contributed by atoms with Gasteiger partial charge in [-0.15, -0.1) is 0 Å². The van der Waals surface area contributed by atoms with Crippen LogP contribution in [0.15, 0.2) is 0 Å². The topological polar surface area (TPSA) is 99.8 Å². The van der Waals surface area contributed by atoms with Gasteiger partial charge in [0.25, 0.3) is 5.91 Å². The van der Waals surface area contributed by atoms with Gasteiger partial charge in [0.1, 0.15) is 6.04 Å². The van der Waals surface area contributed by atoms with Gasteiger partial charge in [-0.1, -0.05) is 19.8 Å². The molecule has 0 aromatic heterocycles. The molecule has 0 aromatic carbocycles. The molecular weight excluding hydrogens is 312 g/mol. The van der Waals surface area contributed by atoms with Crippen LogP contribution >= 0.6 is 0 Å². The molecular formula is C16H28N4O4. The van der Waals surface area contributed by atoms with Gasteiger partial charge in [-0.3, -0.25) is 25.3 Å². The van der Waals surface area contributed by atoms with Crippen LogP contribution in [0.25, 0.3) is 0 Å². The maximum absolute atomic E-state index is 12.3.